The molecule has 1 amide bonds. The summed E-state index contributed by atoms with van der Waals surface area (Å²) in [7, 11) is -3.05. The molecule has 6 nitrogen and oxygen atoms in total. The summed E-state index contributed by atoms with van der Waals surface area (Å²) in [5.41, 5.74) is 0. The maximum absolute atomic E-state index is 11.9. The minimum atomic E-state index is -3.05. The van der Waals surface area contributed by atoms with Gasteiger partial charge in [0.2, 0.25) is 0 Å². The van der Waals surface area contributed by atoms with E-state index in [2.05, 4.69) is 5.32 Å². The van der Waals surface area contributed by atoms with Gasteiger partial charge in [-0.2, -0.15) is 0 Å². The van der Waals surface area contributed by atoms with Crippen molar-refractivity contribution in [3.8, 4) is 0 Å². The van der Waals surface area contributed by atoms with Gasteiger partial charge in [-0.25, -0.2) is 8.42 Å². The molecule has 1 aromatic rings. The van der Waals surface area contributed by atoms with Crippen LogP contribution in [0.5, 0.6) is 0 Å². The molecule has 1 aliphatic rings. The first-order chi connectivity index (χ1) is 10.9. The summed E-state index contributed by atoms with van der Waals surface area (Å²) in [5, 5.41) is 2.14. The molecule has 0 bridgehead atoms. The van der Waals surface area contributed by atoms with E-state index >= 15 is 0 Å². The lowest BCUT2D eigenvalue weighted by Gasteiger charge is -2.13. The molecule has 1 heterocycles. The van der Waals surface area contributed by atoms with Gasteiger partial charge in [0.05, 0.1) is 11.5 Å². The highest BCUT2D eigenvalue weighted by Crippen LogP contribution is 2.23. The number of esters is 1. The fourth-order valence-corrected chi connectivity index (χ4v) is 4.74. The van der Waals surface area contributed by atoms with Crippen LogP contribution in [0.25, 0.3) is 0 Å². The summed E-state index contributed by atoms with van der Waals surface area (Å²) >= 11 is 1.35. The molecule has 1 aromatic carbocycles. The summed E-state index contributed by atoms with van der Waals surface area (Å²) in [6.07, 6.45) is 0.405. The van der Waals surface area contributed by atoms with Crippen LogP contribution in [-0.4, -0.2) is 49.7 Å². The third-order valence-corrected chi connectivity index (χ3v) is 6.19. The van der Waals surface area contributed by atoms with E-state index in [4.69, 9.17) is 4.74 Å². The number of amides is 1. The van der Waals surface area contributed by atoms with Crippen LogP contribution in [-0.2, 0) is 24.2 Å². The first-order valence-electron chi connectivity index (χ1n) is 7.24. The van der Waals surface area contributed by atoms with Gasteiger partial charge in [0.1, 0.15) is 5.25 Å². The van der Waals surface area contributed by atoms with Crippen LogP contribution < -0.4 is 5.32 Å². The zero-order chi connectivity index (χ0) is 16.9. The summed E-state index contributed by atoms with van der Waals surface area (Å²) in [5.74, 6) is -0.916. The minimum Gasteiger partial charge on any atom is -0.455 e. The van der Waals surface area contributed by atoms with E-state index in [0.717, 1.165) is 4.90 Å². The molecule has 0 radical (unpaired) electrons. The predicted molar refractivity (Wildman–Crippen MR) is 87.9 cm³/mol. The van der Waals surface area contributed by atoms with Crippen LogP contribution in [0.4, 0.5) is 0 Å². The number of thioether (sulfide) groups is 1. The average Bonchev–Trinajstić information content (AvgIpc) is 2.84. The fraction of sp³-hybridized carbons (Fsp3) is 0.467. The topological polar surface area (TPSA) is 89.5 Å². The lowest BCUT2D eigenvalue weighted by Crippen LogP contribution is -2.38. The highest BCUT2D eigenvalue weighted by molar-refractivity contribution is 8.00. The standard InChI is InChI=1S/C15H19NO5S2/c1-11(22-13-5-3-2-4-6-13)15(18)21-9-14(17)16-12-7-8-23(19,20)10-12/h2-6,11-12H,7-10H2,1H3,(H,16,17)/t11-,12+/m1/s1. The zero-order valence-corrected chi connectivity index (χ0v) is 14.4. The third-order valence-electron chi connectivity index (χ3n) is 3.33. The van der Waals surface area contributed by atoms with Crippen molar-refractivity contribution in [2.45, 2.75) is 29.5 Å². The predicted octanol–water partition coefficient (Wildman–Crippen LogP) is 1.01. The van der Waals surface area contributed by atoms with E-state index < -0.39 is 33.6 Å². The molecule has 1 saturated heterocycles. The molecule has 1 aliphatic heterocycles. The van der Waals surface area contributed by atoms with Gasteiger partial charge >= 0.3 is 5.97 Å². The average molecular weight is 357 g/mol. The van der Waals surface area contributed by atoms with Gasteiger partial charge < -0.3 is 10.1 Å². The minimum absolute atomic E-state index is 0.0487. The first-order valence-corrected chi connectivity index (χ1v) is 9.94. The van der Waals surface area contributed by atoms with E-state index in [-0.39, 0.29) is 17.5 Å². The second-order valence-corrected chi connectivity index (χ2v) is 8.99. The Bertz CT molecular complexity index is 660. The number of hydrogen-bond acceptors (Lipinski definition) is 6. The number of hydrogen-bond donors (Lipinski definition) is 1. The number of nitrogens with one attached hydrogen (secondary N) is 1. The summed E-state index contributed by atoms with van der Waals surface area (Å²) in [6.45, 7) is 1.32. The summed E-state index contributed by atoms with van der Waals surface area (Å²) < 4.78 is 27.6. The molecule has 0 unspecified atom stereocenters. The van der Waals surface area contributed by atoms with Crippen LogP contribution >= 0.6 is 11.8 Å². The Morgan fingerprint density at radius 2 is 2.04 bits per heavy atom. The molecule has 0 aliphatic carbocycles. The Hall–Kier alpha value is -1.54. The molecule has 23 heavy (non-hydrogen) atoms. The highest BCUT2D eigenvalue weighted by Gasteiger charge is 2.29. The highest BCUT2D eigenvalue weighted by atomic mass is 32.2. The van der Waals surface area contributed by atoms with Gasteiger partial charge in [0, 0.05) is 10.9 Å². The van der Waals surface area contributed by atoms with Gasteiger partial charge in [-0.15, -0.1) is 11.8 Å². The molecular formula is C15H19NO5S2. The molecule has 0 saturated carbocycles. The lowest BCUT2D eigenvalue weighted by atomic mass is 10.2. The number of rotatable bonds is 6. The van der Waals surface area contributed by atoms with Gasteiger partial charge in [-0.1, -0.05) is 18.2 Å². The van der Waals surface area contributed by atoms with Crippen molar-refractivity contribution in [2.75, 3.05) is 18.1 Å². The molecule has 8 heteroatoms. The second-order valence-electron chi connectivity index (χ2n) is 5.35. The normalized spacial score (nSPS) is 20.7. The SMILES string of the molecule is C[C@@H](Sc1ccccc1)C(=O)OCC(=O)N[C@H]1CCS(=O)(=O)C1. The largest absolute Gasteiger partial charge is 0.455 e. The van der Waals surface area contributed by atoms with Crippen LogP contribution in [0.3, 0.4) is 0 Å². The molecule has 126 valence electrons. The van der Waals surface area contributed by atoms with E-state index in [1.807, 2.05) is 30.3 Å². The molecule has 2 rings (SSSR count). The molecule has 1 N–H and O–H groups in total. The van der Waals surface area contributed by atoms with Gasteiger partial charge in [0.15, 0.2) is 16.4 Å². The van der Waals surface area contributed by atoms with Crippen molar-refractivity contribution in [1.82, 2.24) is 5.32 Å². The molecule has 0 spiro atoms. The second kappa shape index (κ2) is 7.83. The van der Waals surface area contributed by atoms with Crippen molar-refractivity contribution < 1.29 is 22.7 Å². The number of carbonyl (C=O) groups excluding carboxylic acids is 2. The van der Waals surface area contributed by atoms with E-state index in [1.165, 1.54) is 11.8 Å². The van der Waals surface area contributed by atoms with Crippen molar-refractivity contribution in [2.24, 2.45) is 0 Å². The van der Waals surface area contributed by atoms with Gasteiger partial charge in [-0.3, -0.25) is 9.59 Å². The van der Waals surface area contributed by atoms with Crippen molar-refractivity contribution in [3.05, 3.63) is 30.3 Å². The lowest BCUT2D eigenvalue weighted by molar-refractivity contribution is -0.147. The van der Waals surface area contributed by atoms with Gasteiger partial charge in [-0.05, 0) is 25.5 Å². The van der Waals surface area contributed by atoms with Crippen LogP contribution in [0.2, 0.25) is 0 Å². The first kappa shape index (κ1) is 17.8. The monoisotopic (exact) mass is 357 g/mol. The Morgan fingerprint density at radius 3 is 2.65 bits per heavy atom. The van der Waals surface area contributed by atoms with E-state index in [9.17, 15) is 18.0 Å². The maximum atomic E-state index is 11.9. The Balaban J connectivity index is 1.72. The van der Waals surface area contributed by atoms with Gasteiger partial charge in [0.25, 0.3) is 5.91 Å². The van der Waals surface area contributed by atoms with Crippen molar-refractivity contribution in [3.63, 3.8) is 0 Å². The fourth-order valence-electron chi connectivity index (χ4n) is 2.18. The van der Waals surface area contributed by atoms with Crippen molar-refractivity contribution in [1.29, 1.82) is 0 Å². The summed E-state index contributed by atoms with van der Waals surface area (Å²) in [6, 6.07) is 9.04. The number of sulfone groups is 1. The maximum Gasteiger partial charge on any atom is 0.319 e. The smallest absolute Gasteiger partial charge is 0.319 e. The van der Waals surface area contributed by atoms with E-state index in [1.54, 1.807) is 6.92 Å². The number of carbonyl (C=O) groups is 2. The molecular weight excluding hydrogens is 338 g/mol. The van der Waals surface area contributed by atoms with Crippen LogP contribution in [0, 0.1) is 0 Å². The van der Waals surface area contributed by atoms with E-state index in [0.29, 0.717) is 6.42 Å². The third kappa shape index (κ3) is 5.87. The number of ether oxygens (including phenoxy) is 1. The molecule has 1 fully saturated rings. The Labute approximate surface area is 139 Å². The van der Waals surface area contributed by atoms with Crippen LogP contribution in [0.1, 0.15) is 13.3 Å². The zero-order valence-electron chi connectivity index (χ0n) is 12.7. The Morgan fingerprint density at radius 1 is 1.35 bits per heavy atom. The quantitative estimate of drug-likeness (QED) is 0.604. The summed E-state index contributed by atoms with van der Waals surface area (Å²) in [4.78, 5) is 24.5. The van der Waals surface area contributed by atoms with Crippen molar-refractivity contribution >= 4 is 33.5 Å². The number of benzene rings is 1. The Kier molecular flexibility index (Phi) is 6.06. The molecule has 2 atom stereocenters. The van der Waals surface area contributed by atoms with Crippen LogP contribution in [0.15, 0.2) is 35.2 Å². The molecule has 0 aromatic heterocycles.